The molecule has 3 heteroatoms. The topological polar surface area (TPSA) is 34.9 Å². The summed E-state index contributed by atoms with van der Waals surface area (Å²) in [6.45, 7) is 2.88. The summed E-state index contributed by atoms with van der Waals surface area (Å²) >= 11 is 0. The standard InChI is InChI=1S/C9H12N2O/c1-7-4-9-5-8(6-12)2-3-11(9)10-7/h4,6,8H,2-3,5H2,1H3. The lowest BCUT2D eigenvalue weighted by atomic mass is 9.98. The van der Waals surface area contributed by atoms with E-state index in [-0.39, 0.29) is 5.92 Å². The van der Waals surface area contributed by atoms with Gasteiger partial charge in [-0.15, -0.1) is 0 Å². The van der Waals surface area contributed by atoms with E-state index >= 15 is 0 Å². The Morgan fingerprint density at radius 3 is 3.33 bits per heavy atom. The van der Waals surface area contributed by atoms with Gasteiger partial charge in [-0.2, -0.15) is 5.10 Å². The van der Waals surface area contributed by atoms with E-state index in [4.69, 9.17) is 0 Å². The molecule has 0 amide bonds. The summed E-state index contributed by atoms with van der Waals surface area (Å²) < 4.78 is 2.01. The highest BCUT2D eigenvalue weighted by atomic mass is 16.1. The first-order valence-electron chi connectivity index (χ1n) is 4.28. The fourth-order valence-corrected chi connectivity index (χ4v) is 1.73. The highest BCUT2D eigenvalue weighted by Crippen LogP contribution is 2.18. The predicted molar refractivity (Wildman–Crippen MR) is 44.8 cm³/mol. The maximum atomic E-state index is 10.5. The Morgan fingerprint density at radius 1 is 1.75 bits per heavy atom. The van der Waals surface area contributed by atoms with Crippen LogP contribution in [-0.2, 0) is 17.8 Å². The molecule has 0 aliphatic carbocycles. The van der Waals surface area contributed by atoms with Gasteiger partial charge in [0, 0.05) is 18.2 Å². The maximum Gasteiger partial charge on any atom is 0.123 e. The molecule has 3 nitrogen and oxygen atoms in total. The Labute approximate surface area is 71.4 Å². The molecule has 0 saturated heterocycles. The smallest absolute Gasteiger partial charge is 0.123 e. The van der Waals surface area contributed by atoms with Crippen LogP contribution in [-0.4, -0.2) is 16.1 Å². The third kappa shape index (κ3) is 1.15. The van der Waals surface area contributed by atoms with E-state index in [0.717, 1.165) is 31.4 Å². The summed E-state index contributed by atoms with van der Waals surface area (Å²) in [6, 6.07) is 2.07. The number of carbonyl (C=O) groups is 1. The molecule has 0 saturated carbocycles. The van der Waals surface area contributed by atoms with Crippen molar-refractivity contribution in [1.82, 2.24) is 9.78 Å². The summed E-state index contributed by atoms with van der Waals surface area (Å²) in [6.07, 6.45) is 2.87. The van der Waals surface area contributed by atoms with Gasteiger partial charge < -0.3 is 4.79 Å². The zero-order valence-electron chi connectivity index (χ0n) is 7.16. The second-order valence-corrected chi connectivity index (χ2v) is 3.39. The SMILES string of the molecule is Cc1cc2n(n1)CCC(C=O)C2. The summed E-state index contributed by atoms with van der Waals surface area (Å²) in [5.41, 5.74) is 2.26. The van der Waals surface area contributed by atoms with Gasteiger partial charge in [0.2, 0.25) is 0 Å². The lowest BCUT2D eigenvalue weighted by Gasteiger charge is -2.17. The first kappa shape index (κ1) is 7.53. The van der Waals surface area contributed by atoms with Crippen LogP contribution in [0.4, 0.5) is 0 Å². The molecule has 1 unspecified atom stereocenters. The van der Waals surface area contributed by atoms with Crippen LogP contribution in [0, 0.1) is 12.8 Å². The Balaban J connectivity index is 2.28. The lowest BCUT2D eigenvalue weighted by Crippen LogP contribution is -2.20. The number of aldehydes is 1. The van der Waals surface area contributed by atoms with Gasteiger partial charge in [-0.25, -0.2) is 0 Å². The van der Waals surface area contributed by atoms with Crippen molar-refractivity contribution in [3.05, 3.63) is 17.5 Å². The summed E-state index contributed by atoms with van der Waals surface area (Å²) in [5, 5.41) is 4.32. The normalized spacial score (nSPS) is 21.9. The number of aryl methyl sites for hydroxylation is 2. The Hall–Kier alpha value is -1.12. The second-order valence-electron chi connectivity index (χ2n) is 3.39. The fourth-order valence-electron chi connectivity index (χ4n) is 1.73. The van der Waals surface area contributed by atoms with Crippen LogP contribution in [0.2, 0.25) is 0 Å². The van der Waals surface area contributed by atoms with Crippen molar-refractivity contribution in [3.63, 3.8) is 0 Å². The molecule has 0 bridgehead atoms. The van der Waals surface area contributed by atoms with Crippen molar-refractivity contribution < 1.29 is 4.79 Å². The molecule has 1 atom stereocenters. The molecule has 0 radical (unpaired) electrons. The number of rotatable bonds is 1. The molecule has 2 rings (SSSR count). The van der Waals surface area contributed by atoms with Crippen LogP contribution >= 0.6 is 0 Å². The first-order valence-corrected chi connectivity index (χ1v) is 4.28. The minimum atomic E-state index is 0.216. The molecule has 1 aromatic heterocycles. The van der Waals surface area contributed by atoms with E-state index in [0.29, 0.717) is 0 Å². The van der Waals surface area contributed by atoms with Gasteiger partial charge in [0.25, 0.3) is 0 Å². The molecular weight excluding hydrogens is 152 g/mol. The summed E-state index contributed by atoms with van der Waals surface area (Å²) in [7, 11) is 0. The van der Waals surface area contributed by atoms with Crippen LogP contribution in [0.1, 0.15) is 17.8 Å². The molecule has 1 aromatic rings. The van der Waals surface area contributed by atoms with Gasteiger partial charge >= 0.3 is 0 Å². The van der Waals surface area contributed by atoms with E-state index in [1.807, 2.05) is 11.6 Å². The van der Waals surface area contributed by atoms with Crippen molar-refractivity contribution >= 4 is 6.29 Å². The molecule has 0 aromatic carbocycles. The molecule has 0 N–H and O–H groups in total. The van der Waals surface area contributed by atoms with E-state index < -0.39 is 0 Å². The average Bonchev–Trinajstić information content (AvgIpc) is 2.43. The zero-order valence-corrected chi connectivity index (χ0v) is 7.16. The van der Waals surface area contributed by atoms with Crippen molar-refractivity contribution in [1.29, 1.82) is 0 Å². The number of carbonyl (C=O) groups excluding carboxylic acids is 1. The van der Waals surface area contributed by atoms with E-state index in [2.05, 4.69) is 11.2 Å². The minimum absolute atomic E-state index is 0.216. The van der Waals surface area contributed by atoms with Crippen LogP contribution in [0.25, 0.3) is 0 Å². The number of aromatic nitrogens is 2. The van der Waals surface area contributed by atoms with Crippen LogP contribution in [0.5, 0.6) is 0 Å². The molecule has 0 spiro atoms. The molecule has 1 aliphatic heterocycles. The average molecular weight is 164 g/mol. The van der Waals surface area contributed by atoms with Crippen molar-refractivity contribution in [2.45, 2.75) is 26.3 Å². The van der Waals surface area contributed by atoms with E-state index in [1.54, 1.807) is 0 Å². The maximum absolute atomic E-state index is 10.5. The minimum Gasteiger partial charge on any atom is -0.303 e. The third-order valence-corrected chi connectivity index (χ3v) is 2.36. The highest BCUT2D eigenvalue weighted by Gasteiger charge is 2.18. The molecule has 64 valence electrons. The van der Waals surface area contributed by atoms with Gasteiger partial charge in [0.05, 0.1) is 5.69 Å². The number of hydrogen-bond donors (Lipinski definition) is 0. The van der Waals surface area contributed by atoms with Crippen molar-refractivity contribution in [3.8, 4) is 0 Å². The number of hydrogen-bond acceptors (Lipinski definition) is 2. The Bertz CT molecular complexity index is 303. The van der Waals surface area contributed by atoms with Crippen molar-refractivity contribution in [2.75, 3.05) is 0 Å². The molecule has 0 fully saturated rings. The molecule has 2 heterocycles. The Kier molecular flexibility index (Phi) is 1.71. The Morgan fingerprint density at radius 2 is 2.58 bits per heavy atom. The molecular formula is C9H12N2O. The summed E-state index contributed by atoms with van der Waals surface area (Å²) in [5.74, 6) is 0.216. The van der Waals surface area contributed by atoms with Crippen molar-refractivity contribution in [2.24, 2.45) is 5.92 Å². The van der Waals surface area contributed by atoms with Crippen LogP contribution in [0.3, 0.4) is 0 Å². The highest BCUT2D eigenvalue weighted by molar-refractivity contribution is 5.54. The molecule has 12 heavy (non-hydrogen) atoms. The van der Waals surface area contributed by atoms with E-state index in [9.17, 15) is 4.79 Å². The number of fused-ring (bicyclic) bond motifs is 1. The zero-order chi connectivity index (χ0) is 8.55. The first-order chi connectivity index (χ1) is 5.79. The second kappa shape index (κ2) is 2.73. The van der Waals surface area contributed by atoms with Gasteiger partial charge in [-0.05, 0) is 25.8 Å². The van der Waals surface area contributed by atoms with Gasteiger partial charge in [0.15, 0.2) is 0 Å². The monoisotopic (exact) mass is 164 g/mol. The fraction of sp³-hybridized carbons (Fsp3) is 0.556. The quantitative estimate of drug-likeness (QED) is 0.579. The van der Waals surface area contributed by atoms with Crippen LogP contribution in [0.15, 0.2) is 6.07 Å². The van der Waals surface area contributed by atoms with Gasteiger partial charge in [-0.3, -0.25) is 4.68 Å². The lowest BCUT2D eigenvalue weighted by molar-refractivity contribution is -0.111. The molecule has 1 aliphatic rings. The van der Waals surface area contributed by atoms with Gasteiger partial charge in [-0.1, -0.05) is 0 Å². The predicted octanol–water partition coefficient (Wildman–Crippen LogP) is 0.953. The third-order valence-electron chi connectivity index (χ3n) is 2.36. The largest absolute Gasteiger partial charge is 0.303 e. The van der Waals surface area contributed by atoms with Crippen LogP contribution < -0.4 is 0 Å². The van der Waals surface area contributed by atoms with Gasteiger partial charge in [0.1, 0.15) is 6.29 Å². The summed E-state index contributed by atoms with van der Waals surface area (Å²) in [4.78, 5) is 10.5. The van der Waals surface area contributed by atoms with E-state index in [1.165, 1.54) is 5.69 Å². The number of nitrogens with zero attached hydrogens (tertiary/aromatic N) is 2.